The molecular weight excluding hydrogens is 216 g/mol. The average molecular weight is 224 g/mol. The van der Waals surface area contributed by atoms with E-state index in [1.54, 1.807) is 18.6 Å². The second-order valence-corrected chi connectivity index (χ2v) is 2.75. The maximum atomic E-state index is 10.2. The second kappa shape index (κ2) is 5.60. The van der Waals surface area contributed by atoms with Gasteiger partial charge in [0.2, 0.25) is 0 Å². The first-order chi connectivity index (χ1) is 7.18. The number of aromatic nitrogens is 5. The summed E-state index contributed by atoms with van der Waals surface area (Å²) in [5.41, 5.74) is 4.54. The summed E-state index contributed by atoms with van der Waals surface area (Å²) < 4.78 is 0.718. The third-order valence-corrected chi connectivity index (χ3v) is 1.43. The fourth-order valence-corrected chi connectivity index (χ4v) is 0.741. The van der Waals surface area contributed by atoms with E-state index in [1.807, 2.05) is 0 Å². The van der Waals surface area contributed by atoms with Gasteiger partial charge in [-0.05, 0) is 6.07 Å². The average Bonchev–Trinajstić information content (AvgIpc) is 2.19. The Morgan fingerprint density at radius 2 is 2.27 bits per heavy atom. The van der Waals surface area contributed by atoms with E-state index in [1.165, 1.54) is 6.20 Å². The molecule has 0 aliphatic heterocycles. The van der Waals surface area contributed by atoms with Gasteiger partial charge in [0.1, 0.15) is 10.5 Å². The van der Waals surface area contributed by atoms with Crippen LogP contribution in [-0.4, -0.2) is 25.1 Å². The SMILES string of the molecule is Nc1cn[nH]c(=O)n1.S=c1ccnc[nH]1. The van der Waals surface area contributed by atoms with Crippen molar-refractivity contribution < 1.29 is 0 Å². The van der Waals surface area contributed by atoms with Gasteiger partial charge in [0.15, 0.2) is 0 Å². The summed E-state index contributed by atoms with van der Waals surface area (Å²) in [6, 6.07) is 1.73. The molecule has 78 valence electrons. The molecule has 0 bridgehead atoms. The van der Waals surface area contributed by atoms with E-state index in [-0.39, 0.29) is 5.82 Å². The lowest BCUT2D eigenvalue weighted by Gasteiger charge is -1.82. The zero-order valence-electron chi connectivity index (χ0n) is 7.54. The van der Waals surface area contributed by atoms with Crippen molar-refractivity contribution in [1.29, 1.82) is 0 Å². The van der Waals surface area contributed by atoms with Crippen molar-refractivity contribution in [3.8, 4) is 0 Å². The van der Waals surface area contributed by atoms with Crippen molar-refractivity contribution in [2.45, 2.75) is 0 Å². The summed E-state index contributed by atoms with van der Waals surface area (Å²) in [5.74, 6) is 0.133. The molecule has 15 heavy (non-hydrogen) atoms. The van der Waals surface area contributed by atoms with Crippen LogP contribution in [0.15, 0.2) is 29.6 Å². The molecule has 0 aliphatic rings. The van der Waals surface area contributed by atoms with Gasteiger partial charge >= 0.3 is 5.69 Å². The zero-order chi connectivity index (χ0) is 11.1. The highest BCUT2D eigenvalue weighted by atomic mass is 32.1. The van der Waals surface area contributed by atoms with E-state index in [9.17, 15) is 4.79 Å². The maximum absolute atomic E-state index is 10.2. The van der Waals surface area contributed by atoms with Gasteiger partial charge in [-0.25, -0.2) is 14.9 Å². The monoisotopic (exact) mass is 224 g/mol. The van der Waals surface area contributed by atoms with Gasteiger partial charge in [-0.1, -0.05) is 12.2 Å². The van der Waals surface area contributed by atoms with Crippen LogP contribution < -0.4 is 11.4 Å². The highest BCUT2D eigenvalue weighted by Crippen LogP contribution is 1.78. The van der Waals surface area contributed by atoms with Gasteiger partial charge in [-0.2, -0.15) is 10.1 Å². The van der Waals surface area contributed by atoms with Crippen LogP contribution in [0.1, 0.15) is 0 Å². The minimum absolute atomic E-state index is 0.133. The number of rotatable bonds is 0. The van der Waals surface area contributed by atoms with Crippen LogP contribution in [0.25, 0.3) is 0 Å². The third-order valence-electron chi connectivity index (χ3n) is 1.18. The lowest BCUT2D eigenvalue weighted by molar-refractivity contribution is 0.921. The van der Waals surface area contributed by atoms with E-state index >= 15 is 0 Å². The minimum atomic E-state index is -0.523. The van der Waals surface area contributed by atoms with Crippen molar-refractivity contribution in [1.82, 2.24) is 25.1 Å². The summed E-state index contributed by atoms with van der Waals surface area (Å²) in [6.07, 6.45) is 4.47. The lowest BCUT2D eigenvalue weighted by atomic mass is 10.7. The standard InChI is InChI=1S/C4H4N2S.C3H4N4O/c7-4-1-2-5-3-6-4;4-2-1-5-7-3(8)6-2/h1-3H,(H,5,6,7);1H,(H3,4,6,7,8). The van der Waals surface area contributed by atoms with Crippen LogP contribution in [0.2, 0.25) is 0 Å². The fraction of sp³-hybridized carbons (Fsp3) is 0. The molecule has 0 radical (unpaired) electrons. The van der Waals surface area contributed by atoms with E-state index in [4.69, 9.17) is 18.0 Å². The number of hydrogen-bond donors (Lipinski definition) is 3. The second-order valence-electron chi connectivity index (χ2n) is 2.31. The maximum Gasteiger partial charge on any atom is 0.363 e. The molecule has 2 aromatic rings. The Labute approximate surface area is 89.4 Å². The molecule has 2 aromatic heterocycles. The number of nitrogen functional groups attached to an aromatic ring is 1. The normalized spacial score (nSPS) is 8.80. The van der Waals surface area contributed by atoms with Gasteiger partial charge in [-0.3, -0.25) is 0 Å². The summed E-state index contributed by atoms with van der Waals surface area (Å²) in [7, 11) is 0. The van der Waals surface area contributed by atoms with E-state index in [2.05, 4.69) is 25.1 Å². The Hall–Kier alpha value is -2.09. The molecule has 4 N–H and O–H groups in total. The molecule has 0 saturated heterocycles. The summed E-state index contributed by atoms with van der Waals surface area (Å²) >= 11 is 4.72. The highest BCUT2D eigenvalue weighted by molar-refractivity contribution is 7.71. The molecule has 0 aliphatic carbocycles. The molecule has 0 unspecified atom stereocenters. The van der Waals surface area contributed by atoms with Gasteiger partial charge in [0.25, 0.3) is 0 Å². The lowest BCUT2D eigenvalue weighted by Crippen LogP contribution is -2.12. The van der Waals surface area contributed by atoms with Gasteiger partial charge < -0.3 is 10.7 Å². The molecule has 2 rings (SSSR count). The quantitative estimate of drug-likeness (QED) is 0.538. The Morgan fingerprint density at radius 3 is 2.60 bits per heavy atom. The molecule has 0 saturated carbocycles. The molecule has 0 fully saturated rings. The first-order valence-electron chi connectivity index (χ1n) is 3.84. The van der Waals surface area contributed by atoms with Crippen LogP contribution in [0.3, 0.4) is 0 Å². The van der Waals surface area contributed by atoms with Crippen molar-refractivity contribution >= 4 is 18.0 Å². The molecule has 8 heteroatoms. The van der Waals surface area contributed by atoms with Gasteiger partial charge in [0, 0.05) is 6.20 Å². The predicted molar refractivity (Wildman–Crippen MR) is 56.5 cm³/mol. The van der Waals surface area contributed by atoms with Crippen molar-refractivity contribution in [2.24, 2.45) is 0 Å². The minimum Gasteiger partial charge on any atom is -0.382 e. The first-order valence-corrected chi connectivity index (χ1v) is 4.25. The van der Waals surface area contributed by atoms with Crippen LogP contribution in [0.4, 0.5) is 5.82 Å². The highest BCUT2D eigenvalue weighted by Gasteiger charge is 1.83. The van der Waals surface area contributed by atoms with Crippen molar-refractivity contribution in [2.75, 3.05) is 5.73 Å². The summed E-state index contributed by atoms with van der Waals surface area (Å²) in [5, 5.41) is 5.43. The largest absolute Gasteiger partial charge is 0.382 e. The van der Waals surface area contributed by atoms with Gasteiger partial charge in [0.05, 0.1) is 12.5 Å². The number of anilines is 1. The summed E-state index contributed by atoms with van der Waals surface area (Å²) in [4.78, 5) is 19.9. The molecule has 0 aromatic carbocycles. The number of aromatic amines is 2. The fourth-order valence-electron chi connectivity index (χ4n) is 0.628. The van der Waals surface area contributed by atoms with E-state index in [0.717, 1.165) is 4.64 Å². The topological polar surface area (TPSA) is 113 Å². The molecule has 0 atom stereocenters. The summed E-state index contributed by atoms with van der Waals surface area (Å²) in [6.45, 7) is 0. The number of nitrogens with one attached hydrogen (secondary N) is 2. The molecular formula is C7H8N6OS. The molecule has 7 nitrogen and oxygen atoms in total. The van der Waals surface area contributed by atoms with E-state index < -0.39 is 5.69 Å². The molecule has 0 amide bonds. The number of H-pyrrole nitrogens is 2. The number of hydrogen-bond acceptors (Lipinski definition) is 6. The predicted octanol–water partition coefficient (Wildman–Crippen LogP) is -0.114. The molecule has 2 heterocycles. The third kappa shape index (κ3) is 4.62. The van der Waals surface area contributed by atoms with Crippen molar-refractivity contribution in [3.63, 3.8) is 0 Å². The van der Waals surface area contributed by atoms with Gasteiger partial charge in [-0.15, -0.1) is 0 Å². The number of nitrogens with zero attached hydrogens (tertiary/aromatic N) is 3. The number of nitrogens with two attached hydrogens (primary N) is 1. The Kier molecular flexibility index (Phi) is 4.10. The Morgan fingerprint density at radius 1 is 1.47 bits per heavy atom. The first kappa shape index (κ1) is 11.0. The van der Waals surface area contributed by atoms with Crippen LogP contribution >= 0.6 is 12.2 Å². The van der Waals surface area contributed by atoms with Crippen LogP contribution in [0, 0.1) is 4.64 Å². The van der Waals surface area contributed by atoms with Crippen LogP contribution in [0.5, 0.6) is 0 Å². The smallest absolute Gasteiger partial charge is 0.363 e. The zero-order valence-corrected chi connectivity index (χ0v) is 8.36. The van der Waals surface area contributed by atoms with Crippen molar-refractivity contribution in [3.05, 3.63) is 39.9 Å². The molecule has 0 spiro atoms. The van der Waals surface area contributed by atoms with Crippen LogP contribution in [-0.2, 0) is 0 Å². The Balaban J connectivity index is 0.000000151. The Bertz CT molecular complexity index is 503. The van der Waals surface area contributed by atoms with E-state index in [0.29, 0.717) is 0 Å².